The number of halogens is 1. The number of rotatable bonds is 4. The number of carbonyl (C=O) groups excluding carboxylic acids is 1. The fourth-order valence-electron chi connectivity index (χ4n) is 3.84. The van der Waals surface area contributed by atoms with Crippen molar-refractivity contribution in [3.63, 3.8) is 0 Å². The van der Waals surface area contributed by atoms with Gasteiger partial charge in [-0.05, 0) is 46.2 Å². The number of carbonyl (C=O) groups is 1. The van der Waals surface area contributed by atoms with E-state index in [4.69, 9.17) is 4.74 Å². The molecule has 0 bridgehead atoms. The van der Waals surface area contributed by atoms with Gasteiger partial charge in [-0.2, -0.15) is 4.80 Å². The van der Waals surface area contributed by atoms with Crippen molar-refractivity contribution in [2.45, 2.75) is 19.2 Å². The van der Waals surface area contributed by atoms with E-state index in [2.05, 4.69) is 15.4 Å². The number of anilines is 2. The van der Waals surface area contributed by atoms with Crippen LogP contribution in [0.4, 0.5) is 20.8 Å². The Morgan fingerprint density at radius 2 is 2.03 bits per heavy atom. The maximum absolute atomic E-state index is 14.9. The largest absolute Gasteiger partial charge is 0.441 e. The van der Waals surface area contributed by atoms with Gasteiger partial charge in [0.05, 0.1) is 25.9 Å². The molecular formula is C20H19FN6O3. The number of amides is 1. The second-order valence-electron chi connectivity index (χ2n) is 7.38. The number of tetrazole rings is 1. The van der Waals surface area contributed by atoms with Gasteiger partial charge in [-0.25, -0.2) is 9.18 Å². The highest BCUT2D eigenvalue weighted by atomic mass is 19.1. The Kier molecular flexibility index (Phi) is 4.35. The van der Waals surface area contributed by atoms with E-state index in [1.807, 2.05) is 23.1 Å². The maximum Gasteiger partial charge on any atom is 0.414 e. The van der Waals surface area contributed by atoms with Gasteiger partial charge in [0.2, 0.25) is 0 Å². The van der Waals surface area contributed by atoms with Crippen molar-refractivity contribution in [1.82, 2.24) is 20.2 Å². The van der Waals surface area contributed by atoms with Crippen LogP contribution in [0.2, 0.25) is 0 Å². The molecule has 2 aliphatic heterocycles. The number of aromatic nitrogens is 4. The highest BCUT2D eigenvalue weighted by Gasteiger charge is 2.32. The first-order valence-electron chi connectivity index (χ1n) is 9.51. The molecule has 1 saturated heterocycles. The van der Waals surface area contributed by atoms with Crippen LogP contribution in [0.25, 0.3) is 11.1 Å². The summed E-state index contributed by atoms with van der Waals surface area (Å²) in [6.07, 6.45) is -1.18. The lowest BCUT2D eigenvalue weighted by molar-refractivity contribution is 0.0963. The van der Waals surface area contributed by atoms with Crippen molar-refractivity contribution in [3.8, 4) is 11.1 Å². The molecule has 1 atom stereocenters. The number of benzene rings is 2. The summed E-state index contributed by atoms with van der Waals surface area (Å²) < 4.78 is 19.9. The number of hydrogen-bond donors (Lipinski definition) is 1. The van der Waals surface area contributed by atoms with Gasteiger partial charge >= 0.3 is 6.09 Å². The van der Waals surface area contributed by atoms with E-state index in [9.17, 15) is 14.3 Å². The van der Waals surface area contributed by atoms with E-state index in [1.54, 1.807) is 19.2 Å². The third-order valence-electron chi connectivity index (χ3n) is 5.36. The number of nitrogens with zero attached hydrogens (tertiary/aromatic N) is 6. The van der Waals surface area contributed by atoms with Crippen LogP contribution in [0.1, 0.15) is 11.1 Å². The molecular weight excluding hydrogens is 391 g/mol. The number of fused-ring (bicyclic) bond motifs is 1. The normalized spacial score (nSPS) is 18.1. The van der Waals surface area contributed by atoms with Gasteiger partial charge in [-0.3, -0.25) is 4.90 Å². The average Bonchev–Trinajstić information content (AvgIpc) is 3.44. The molecule has 0 radical (unpaired) electrons. The summed E-state index contributed by atoms with van der Waals surface area (Å²) in [6, 6.07) is 10.5. The number of hydrogen-bond acceptors (Lipinski definition) is 7. The van der Waals surface area contributed by atoms with E-state index in [1.165, 1.54) is 15.8 Å². The third kappa shape index (κ3) is 3.14. The molecule has 1 fully saturated rings. The summed E-state index contributed by atoms with van der Waals surface area (Å²) in [5.41, 5.74) is 3.82. The Morgan fingerprint density at radius 3 is 2.73 bits per heavy atom. The first-order valence-corrected chi connectivity index (χ1v) is 9.51. The zero-order valence-electron chi connectivity index (χ0n) is 16.2. The van der Waals surface area contributed by atoms with Crippen molar-refractivity contribution in [3.05, 3.63) is 53.3 Å². The number of aryl methyl sites for hydroxylation is 1. The quantitative estimate of drug-likeness (QED) is 0.701. The molecule has 1 N–H and O–H groups in total. The average molecular weight is 410 g/mol. The fraction of sp³-hybridized carbons (Fsp3) is 0.300. The van der Waals surface area contributed by atoms with E-state index < -0.39 is 18.0 Å². The molecule has 1 amide bonds. The standard InChI is InChI=1S/C20H19FN6O3/c1-25-23-19(22-24-25)26-8-13-3-2-12(6-14(13)9-26)17-5-4-15(7-18(17)21)27-10-16(11-28)30-20(27)29/h2-7,16,28H,8-11H2,1H3/t16-/m1/s1. The van der Waals surface area contributed by atoms with Gasteiger partial charge in [0.25, 0.3) is 5.95 Å². The van der Waals surface area contributed by atoms with E-state index in [0.717, 1.165) is 16.7 Å². The minimum absolute atomic E-state index is 0.194. The Labute approximate surface area is 171 Å². The first kappa shape index (κ1) is 18.5. The number of cyclic esters (lactones) is 1. The van der Waals surface area contributed by atoms with Crippen LogP contribution in [-0.4, -0.2) is 50.7 Å². The molecule has 0 unspecified atom stereocenters. The molecule has 3 aromatic rings. The third-order valence-corrected chi connectivity index (χ3v) is 5.36. The highest BCUT2D eigenvalue weighted by molar-refractivity contribution is 5.90. The lowest BCUT2D eigenvalue weighted by Gasteiger charge is -2.14. The zero-order chi connectivity index (χ0) is 20.8. The molecule has 30 heavy (non-hydrogen) atoms. The van der Waals surface area contributed by atoms with Gasteiger partial charge in [0.1, 0.15) is 11.9 Å². The molecule has 1 aromatic heterocycles. The van der Waals surface area contributed by atoms with Crippen LogP contribution >= 0.6 is 0 Å². The lowest BCUT2D eigenvalue weighted by Crippen LogP contribution is -2.25. The van der Waals surface area contributed by atoms with Gasteiger partial charge in [0.15, 0.2) is 0 Å². The predicted octanol–water partition coefficient (Wildman–Crippen LogP) is 1.85. The van der Waals surface area contributed by atoms with Crippen LogP contribution in [-0.2, 0) is 24.9 Å². The van der Waals surface area contributed by atoms with Crippen molar-refractivity contribution in [2.75, 3.05) is 23.0 Å². The van der Waals surface area contributed by atoms with Gasteiger partial charge in [-0.15, -0.1) is 5.10 Å². The summed E-state index contributed by atoms with van der Waals surface area (Å²) in [7, 11) is 1.72. The molecule has 10 heteroatoms. The van der Waals surface area contributed by atoms with Gasteiger partial charge in [-0.1, -0.05) is 17.2 Å². The summed E-state index contributed by atoms with van der Waals surface area (Å²) in [5, 5.41) is 21.3. The Morgan fingerprint density at radius 1 is 1.20 bits per heavy atom. The number of aliphatic hydroxyl groups excluding tert-OH is 1. The molecule has 0 aliphatic carbocycles. The van der Waals surface area contributed by atoms with Crippen LogP contribution in [0.15, 0.2) is 36.4 Å². The minimum atomic E-state index is -0.594. The smallest absolute Gasteiger partial charge is 0.414 e. The van der Waals surface area contributed by atoms with Crippen molar-refractivity contribution in [1.29, 1.82) is 0 Å². The SMILES string of the molecule is Cn1nnc(N2Cc3ccc(-c4ccc(N5C[C@H](CO)OC5=O)cc4F)cc3C2)n1. The van der Waals surface area contributed by atoms with Gasteiger partial charge in [0, 0.05) is 18.7 Å². The van der Waals surface area contributed by atoms with Crippen molar-refractivity contribution < 1.29 is 19.0 Å². The summed E-state index contributed by atoms with van der Waals surface area (Å²) in [6.45, 7) is 1.22. The van der Waals surface area contributed by atoms with Crippen molar-refractivity contribution >= 4 is 17.7 Å². The zero-order valence-corrected chi connectivity index (χ0v) is 16.2. The Balaban J connectivity index is 1.39. The minimum Gasteiger partial charge on any atom is -0.441 e. The molecule has 3 heterocycles. The fourth-order valence-corrected chi connectivity index (χ4v) is 3.84. The number of ether oxygens (including phenoxy) is 1. The predicted molar refractivity (Wildman–Crippen MR) is 105 cm³/mol. The van der Waals surface area contributed by atoms with Crippen molar-refractivity contribution in [2.24, 2.45) is 7.05 Å². The number of aliphatic hydroxyl groups is 1. The Bertz CT molecular complexity index is 1130. The van der Waals surface area contributed by atoms with E-state index in [-0.39, 0.29) is 13.2 Å². The second kappa shape index (κ2) is 7.06. The maximum atomic E-state index is 14.9. The lowest BCUT2D eigenvalue weighted by atomic mass is 10.00. The molecule has 0 spiro atoms. The molecule has 2 aliphatic rings. The summed E-state index contributed by atoms with van der Waals surface area (Å²) in [4.78, 5) is 16.7. The van der Waals surface area contributed by atoms with Crippen LogP contribution < -0.4 is 9.80 Å². The molecule has 154 valence electrons. The Hall–Kier alpha value is -3.53. The van der Waals surface area contributed by atoms with Crippen LogP contribution in [0.5, 0.6) is 0 Å². The second-order valence-corrected chi connectivity index (χ2v) is 7.38. The molecule has 5 rings (SSSR count). The van der Waals surface area contributed by atoms with Crippen LogP contribution in [0.3, 0.4) is 0 Å². The molecule has 2 aromatic carbocycles. The topological polar surface area (TPSA) is 96.6 Å². The molecule has 0 saturated carbocycles. The van der Waals surface area contributed by atoms with Gasteiger partial charge < -0.3 is 14.7 Å². The first-order chi connectivity index (χ1) is 14.5. The highest BCUT2D eigenvalue weighted by Crippen LogP contribution is 2.33. The summed E-state index contributed by atoms with van der Waals surface area (Å²) >= 11 is 0. The summed E-state index contributed by atoms with van der Waals surface area (Å²) in [5.74, 6) is 0.127. The van der Waals surface area contributed by atoms with Crippen LogP contribution in [0, 0.1) is 5.82 Å². The van der Waals surface area contributed by atoms with E-state index >= 15 is 0 Å². The van der Waals surface area contributed by atoms with E-state index in [0.29, 0.717) is 30.3 Å². The molecule has 9 nitrogen and oxygen atoms in total. The monoisotopic (exact) mass is 410 g/mol.